The molecule has 0 radical (unpaired) electrons. The van der Waals surface area contributed by atoms with E-state index in [1.807, 2.05) is 38.1 Å². The van der Waals surface area contributed by atoms with Gasteiger partial charge in [0.15, 0.2) is 0 Å². The molecular formula is C27H27BrN2O5. The molecule has 0 fully saturated rings. The molecule has 1 amide bonds. The average molecular weight is 539 g/mol. The molecule has 0 aliphatic carbocycles. The lowest BCUT2D eigenvalue weighted by Gasteiger charge is -2.12. The van der Waals surface area contributed by atoms with E-state index in [1.165, 1.54) is 0 Å². The Morgan fingerprint density at radius 1 is 1.03 bits per heavy atom. The third kappa shape index (κ3) is 7.96. The molecule has 3 aromatic rings. The molecule has 0 saturated heterocycles. The summed E-state index contributed by atoms with van der Waals surface area (Å²) in [6, 6.07) is 19.3. The topological polar surface area (TPSA) is 86.2 Å². The molecule has 0 spiro atoms. The van der Waals surface area contributed by atoms with Crippen molar-refractivity contribution >= 4 is 34.0 Å². The Morgan fingerprint density at radius 3 is 2.49 bits per heavy atom. The number of carbonyl (C=O) groups excluding carboxylic acids is 2. The maximum Gasteiger partial charge on any atom is 0.338 e. The van der Waals surface area contributed by atoms with Crippen molar-refractivity contribution < 1.29 is 23.8 Å². The number of hydrogen-bond donors (Lipinski definition) is 1. The van der Waals surface area contributed by atoms with E-state index >= 15 is 0 Å². The molecule has 0 unspecified atom stereocenters. The lowest BCUT2D eigenvalue weighted by atomic mass is 10.1. The van der Waals surface area contributed by atoms with Gasteiger partial charge in [0, 0.05) is 15.6 Å². The molecule has 0 aliphatic heterocycles. The number of methoxy groups -OCH3 is 1. The van der Waals surface area contributed by atoms with Crippen molar-refractivity contribution in [1.29, 1.82) is 0 Å². The fourth-order valence-corrected chi connectivity index (χ4v) is 3.42. The van der Waals surface area contributed by atoms with Crippen molar-refractivity contribution in [2.75, 3.05) is 13.7 Å². The molecular weight excluding hydrogens is 512 g/mol. The van der Waals surface area contributed by atoms with Gasteiger partial charge in [-0.3, -0.25) is 4.79 Å². The molecule has 8 heteroatoms. The van der Waals surface area contributed by atoms with Crippen LogP contribution >= 0.6 is 15.9 Å². The largest absolute Gasteiger partial charge is 0.496 e. The first-order chi connectivity index (χ1) is 16.9. The van der Waals surface area contributed by atoms with Gasteiger partial charge in [-0.15, -0.1) is 0 Å². The Morgan fingerprint density at radius 2 is 1.80 bits per heavy atom. The summed E-state index contributed by atoms with van der Waals surface area (Å²) in [7, 11) is 1.59. The molecule has 0 heterocycles. The van der Waals surface area contributed by atoms with E-state index in [0.717, 1.165) is 15.6 Å². The number of hydrogen-bond acceptors (Lipinski definition) is 6. The minimum Gasteiger partial charge on any atom is -0.496 e. The van der Waals surface area contributed by atoms with E-state index < -0.39 is 0 Å². The second-order valence-corrected chi connectivity index (χ2v) is 9.00. The van der Waals surface area contributed by atoms with Gasteiger partial charge in [0.2, 0.25) is 0 Å². The summed E-state index contributed by atoms with van der Waals surface area (Å²) in [6.45, 7) is 4.59. The van der Waals surface area contributed by atoms with Gasteiger partial charge in [-0.05, 0) is 72.1 Å². The van der Waals surface area contributed by atoms with E-state index in [0.29, 0.717) is 29.2 Å². The molecule has 3 rings (SSSR count). The first kappa shape index (κ1) is 26.0. The number of carbonyl (C=O) groups is 2. The predicted molar refractivity (Wildman–Crippen MR) is 138 cm³/mol. The highest BCUT2D eigenvalue weighted by molar-refractivity contribution is 9.10. The highest BCUT2D eigenvalue weighted by atomic mass is 79.9. The first-order valence-electron chi connectivity index (χ1n) is 11.0. The Bertz CT molecular complexity index is 1190. The van der Waals surface area contributed by atoms with Crippen LogP contribution in [-0.2, 0) is 11.3 Å². The molecule has 1 N–H and O–H groups in total. The fraction of sp³-hybridized carbons (Fsp3) is 0.222. The number of hydrazone groups is 1. The van der Waals surface area contributed by atoms with Gasteiger partial charge in [0.25, 0.3) is 5.91 Å². The Labute approximate surface area is 213 Å². The molecule has 3 aromatic carbocycles. The van der Waals surface area contributed by atoms with E-state index in [-0.39, 0.29) is 24.4 Å². The number of amides is 1. The number of benzene rings is 3. The summed E-state index contributed by atoms with van der Waals surface area (Å²) in [4.78, 5) is 24.3. The number of nitrogens with one attached hydrogen (secondary N) is 1. The minimum atomic E-state index is -0.356. The van der Waals surface area contributed by atoms with Crippen LogP contribution in [-0.4, -0.2) is 31.8 Å². The van der Waals surface area contributed by atoms with E-state index in [2.05, 4.69) is 26.5 Å². The lowest BCUT2D eigenvalue weighted by Crippen LogP contribution is -2.17. The van der Waals surface area contributed by atoms with E-state index in [1.54, 1.807) is 55.8 Å². The molecule has 35 heavy (non-hydrogen) atoms. The number of esters is 1. The average Bonchev–Trinajstić information content (AvgIpc) is 2.86. The van der Waals surface area contributed by atoms with Crippen molar-refractivity contribution in [2.45, 2.75) is 20.5 Å². The molecule has 0 aliphatic rings. The zero-order chi connectivity index (χ0) is 25.2. The third-order valence-corrected chi connectivity index (χ3v) is 5.30. The van der Waals surface area contributed by atoms with E-state index in [4.69, 9.17) is 14.2 Å². The second kappa shape index (κ2) is 12.7. The van der Waals surface area contributed by atoms with Gasteiger partial charge in [-0.2, -0.15) is 5.10 Å². The van der Waals surface area contributed by atoms with Gasteiger partial charge < -0.3 is 14.2 Å². The van der Waals surface area contributed by atoms with Crippen LogP contribution < -0.4 is 14.9 Å². The standard InChI is InChI=1S/C27H27BrN2O5/c1-18(2)16-35-27(32)20-8-10-24(11-9-20)34-17-22-13-19(7-12-25(22)33-3)15-29-30-26(31)21-5-4-6-23(28)14-21/h4-15,18H,16-17H2,1-3H3,(H,30,31)/b29-15+. The summed E-state index contributed by atoms with van der Waals surface area (Å²) >= 11 is 3.35. The van der Waals surface area contributed by atoms with Crippen LogP contribution in [0.3, 0.4) is 0 Å². The predicted octanol–water partition coefficient (Wildman–Crippen LogP) is 5.61. The third-order valence-electron chi connectivity index (χ3n) is 4.80. The van der Waals surface area contributed by atoms with Crippen molar-refractivity contribution in [3.05, 3.63) is 93.5 Å². The molecule has 0 saturated carbocycles. The Balaban J connectivity index is 1.61. The number of halogens is 1. The number of nitrogens with zero attached hydrogens (tertiary/aromatic N) is 1. The Hall–Kier alpha value is -3.65. The van der Waals surface area contributed by atoms with Crippen LogP contribution in [0.2, 0.25) is 0 Å². The van der Waals surface area contributed by atoms with Crippen LogP contribution in [0.5, 0.6) is 11.5 Å². The molecule has 182 valence electrons. The maximum atomic E-state index is 12.2. The van der Waals surface area contributed by atoms with Gasteiger partial charge in [-0.1, -0.05) is 35.8 Å². The van der Waals surface area contributed by atoms with Crippen molar-refractivity contribution in [3.63, 3.8) is 0 Å². The maximum absolute atomic E-state index is 12.2. The molecule has 0 aromatic heterocycles. The van der Waals surface area contributed by atoms with Crippen LogP contribution in [0.25, 0.3) is 0 Å². The quantitative estimate of drug-likeness (QED) is 0.206. The highest BCUT2D eigenvalue weighted by Crippen LogP contribution is 2.22. The second-order valence-electron chi connectivity index (χ2n) is 8.09. The van der Waals surface area contributed by atoms with Crippen LogP contribution in [0, 0.1) is 5.92 Å². The van der Waals surface area contributed by atoms with Gasteiger partial charge in [-0.25, -0.2) is 10.2 Å². The summed E-state index contributed by atoms with van der Waals surface area (Å²) < 4.78 is 17.4. The number of ether oxygens (including phenoxy) is 3. The fourth-order valence-electron chi connectivity index (χ4n) is 3.03. The summed E-state index contributed by atoms with van der Waals surface area (Å²) in [5.74, 6) is 0.879. The summed E-state index contributed by atoms with van der Waals surface area (Å²) in [6.07, 6.45) is 1.55. The lowest BCUT2D eigenvalue weighted by molar-refractivity contribution is 0.0459. The smallest absolute Gasteiger partial charge is 0.338 e. The van der Waals surface area contributed by atoms with Crippen molar-refractivity contribution in [1.82, 2.24) is 5.43 Å². The van der Waals surface area contributed by atoms with Crippen molar-refractivity contribution in [2.24, 2.45) is 11.0 Å². The van der Waals surface area contributed by atoms with Crippen LogP contribution in [0.4, 0.5) is 0 Å². The molecule has 7 nitrogen and oxygen atoms in total. The number of rotatable bonds is 10. The van der Waals surface area contributed by atoms with Gasteiger partial charge in [0.1, 0.15) is 18.1 Å². The molecule has 0 atom stereocenters. The highest BCUT2D eigenvalue weighted by Gasteiger charge is 2.10. The van der Waals surface area contributed by atoms with E-state index in [9.17, 15) is 9.59 Å². The van der Waals surface area contributed by atoms with Crippen molar-refractivity contribution in [3.8, 4) is 11.5 Å². The zero-order valence-electron chi connectivity index (χ0n) is 19.8. The van der Waals surface area contributed by atoms with Gasteiger partial charge >= 0.3 is 5.97 Å². The summed E-state index contributed by atoms with van der Waals surface area (Å²) in [5.41, 5.74) is 5.06. The normalized spacial score (nSPS) is 10.9. The molecule has 0 bridgehead atoms. The summed E-state index contributed by atoms with van der Waals surface area (Å²) in [5, 5.41) is 4.05. The SMILES string of the molecule is COc1ccc(/C=N/NC(=O)c2cccc(Br)c2)cc1COc1ccc(C(=O)OCC(C)C)cc1. The first-order valence-corrected chi connectivity index (χ1v) is 11.8. The van der Waals surface area contributed by atoms with Crippen LogP contribution in [0.15, 0.2) is 76.3 Å². The zero-order valence-corrected chi connectivity index (χ0v) is 21.4. The monoisotopic (exact) mass is 538 g/mol. The Kier molecular flexibility index (Phi) is 9.43. The minimum absolute atomic E-state index is 0.242. The van der Waals surface area contributed by atoms with Gasteiger partial charge in [0.05, 0.1) is 25.5 Å². The van der Waals surface area contributed by atoms with Crippen LogP contribution in [0.1, 0.15) is 45.7 Å².